The van der Waals surface area contributed by atoms with Crippen LogP contribution in [0.2, 0.25) is 0 Å². The molecule has 0 unspecified atom stereocenters. The van der Waals surface area contributed by atoms with Crippen LogP contribution in [0, 0.1) is 0 Å². The molecular weight excluding hydrogens is 407 g/mol. The first-order chi connectivity index (χ1) is 10.7. The number of aryl methyl sites for hydroxylation is 1. The molecule has 1 rings (SSSR count). The number of likely N-dealkylation sites (N-methyl/N-ethyl adjacent to an activating group) is 1. The number of rotatable bonds is 10. The van der Waals surface area contributed by atoms with Crippen molar-refractivity contribution in [1.29, 1.82) is 0 Å². The summed E-state index contributed by atoms with van der Waals surface area (Å²) in [6.07, 6.45) is 2.85. The van der Waals surface area contributed by atoms with E-state index in [-0.39, 0.29) is 24.0 Å². The lowest BCUT2D eigenvalue weighted by atomic mass is 10.4. The van der Waals surface area contributed by atoms with Crippen molar-refractivity contribution in [3.63, 3.8) is 0 Å². The molecule has 23 heavy (non-hydrogen) atoms. The Hall–Kier alpha value is -0.870. The van der Waals surface area contributed by atoms with Gasteiger partial charge < -0.3 is 20.3 Å². The van der Waals surface area contributed by atoms with Gasteiger partial charge in [0, 0.05) is 53.1 Å². The van der Waals surface area contributed by atoms with Crippen LogP contribution in [0.15, 0.2) is 17.3 Å². The predicted molar refractivity (Wildman–Crippen MR) is 105 cm³/mol. The molecule has 0 bridgehead atoms. The number of halogens is 1. The summed E-state index contributed by atoms with van der Waals surface area (Å²) in [5, 5.41) is 10.8. The Balaban J connectivity index is 0.00000484. The lowest BCUT2D eigenvalue weighted by molar-refractivity contribution is 0.180. The van der Waals surface area contributed by atoms with Gasteiger partial charge in [-0.25, -0.2) is 4.99 Å². The third kappa shape index (κ3) is 9.77. The molecule has 1 aromatic heterocycles. The number of aromatic nitrogens is 2. The van der Waals surface area contributed by atoms with Gasteiger partial charge in [0.05, 0.1) is 12.2 Å². The summed E-state index contributed by atoms with van der Waals surface area (Å²) >= 11 is 0. The first-order valence-corrected chi connectivity index (χ1v) is 7.84. The minimum Gasteiger partial charge on any atom is -0.385 e. The fourth-order valence-electron chi connectivity index (χ4n) is 2.01. The van der Waals surface area contributed by atoms with Crippen LogP contribution in [0.25, 0.3) is 0 Å². The first-order valence-electron chi connectivity index (χ1n) is 7.84. The van der Waals surface area contributed by atoms with Crippen molar-refractivity contribution in [3.05, 3.63) is 18.0 Å². The van der Waals surface area contributed by atoms with E-state index in [1.165, 1.54) is 0 Å². The van der Waals surface area contributed by atoms with E-state index in [9.17, 15) is 0 Å². The fourth-order valence-corrected chi connectivity index (χ4v) is 2.01. The average molecular weight is 438 g/mol. The normalized spacial score (nSPS) is 11.4. The van der Waals surface area contributed by atoms with Crippen molar-refractivity contribution in [1.82, 2.24) is 25.3 Å². The van der Waals surface area contributed by atoms with Crippen LogP contribution >= 0.6 is 24.0 Å². The Kier molecular flexibility index (Phi) is 13.0. The van der Waals surface area contributed by atoms with Crippen LogP contribution in [-0.2, 0) is 18.3 Å². The van der Waals surface area contributed by atoms with Gasteiger partial charge in [0.15, 0.2) is 5.96 Å². The molecule has 0 aliphatic carbocycles. The van der Waals surface area contributed by atoms with Gasteiger partial charge in [-0.15, -0.1) is 24.0 Å². The summed E-state index contributed by atoms with van der Waals surface area (Å²) < 4.78 is 6.91. The third-order valence-corrected chi connectivity index (χ3v) is 3.34. The molecule has 0 spiro atoms. The van der Waals surface area contributed by atoms with Crippen molar-refractivity contribution in [2.75, 3.05) is 46.9 Å². The van der Waals surface area contributed by atoms with Crippen LogP contribution in [-0.4, -0.2) is 67.6 Å². The molecule has 1 heterocycles. The van der Waals surface area contributed by atoms with Gasteiger partial charge in [0.1, 0.15) is 0 Å². The molecule has 0 radical (unpaired) electrons. The van der Waals surface area contributed by atoms with Gasteiger partial charge in [-0.3, -0.25) is 4.68 Å². The highest BCUT2D eigenvalue weighted by molar-refractivity contribution is 14.0. The molecule has 0 fully saturated rings. The fraction of sp³-hybridized carbons (Fsp3) is 0.733. The van der Waals surface area contributed by atoms with Crippen LogP contribution in [0.3, 0.4) is 0 Å². The molecule has 2 N–H and O–H groups in total. The molecule has 0 aromatic carbocycles. The maximum absolute atomic E-state index is 5.07. The molecule has 0 aliphatic rings. The smallest absolute Gasteiger partial charge is 0.191 e. The molecule has 134 valence electrons. The van der Waals surface area contributed by atoms with E-state index < -0.39 is 0 Å². The minimum atomic E-state index is 0. The number of ether oxygens (including phenoxy) is 1. The van der Waals surface area contributed by atoms with Crippen molar-refractivity contribution in [3.8, 4) is 0 Å². The quantitative estimate of drug-likeness (QED) is 0.248. The summed E-state index contributed by atoms with van der Waals surface area (Å²) in [6, 6.07) is 1.98. The Morgan fingerprint density at radius 3 is 2.78 bits per heavy atom. The number of guanidine groups is 1. The monoisotopic (exact) mass is 438 g/mol. The summed E-state index contributed by atoms with van der Waals surface area (Å²) in [4.78, 5) is 6.87. The summed E-state index contributed by atoms with van der Waals surface area (Å²) in [5.74, 6) is 0.842. The van der Waals surface area contributed by atoms with Crippen LogP contribution in [0.5, 0.6) is 0 Å². The topological polar surface area (TPSA) is 66.7 Å². The van der Waals surface area contributed by atoms with E-state index in [0.717, 1.165) is 50.9 Å². The zero-order valence-electron chi connectivity index (χ0n) is 14.7. The van der Waals surface area contributed by atoms with Crippen molar-refractivity contribution in [2.45, 2.75) is 19.9 Å². The van der Waals surface area contributed by atoms with E-state index in [1.807, 2.05) is 17.8 Å². The molecule has 0 saturated heterocycles. The maximum Gasteiger partial charge on any atom is 0.191 e. The molecule has 7 nitrogen and oxygen atoms in total. The van der Waals surface area contributed by atoms with E-state index in [1.54, 1.807) is 13.3 Å². The highest BCUT2D eigenvalue weighted by atomic mass is 127. The lowest BCUT2D eigenvalue weighted by Crippen LogP contribution is -2.41. The molecule has 0 atom stereocenters. The lowest BCUT2D eigenvalue weighted by Gasteiger charge is -2.18. The van der Waals surface area contributed by atoms with E-state index in [2.05, 4.69) is 39.6 Å². The number of aliphatic imine (C=N–C) groups is 1. The Labute approximate surface area is 156 Å². The summed E-state index contributed by atoms with van der Waals surface area (Å²) in [5.41, 5.74) is 1.09. The van der Waals surface area contributed by atoms with Crippen LogP contribution in [0.4, 0.5) is 0 Å². The average Bonchev–Trinajstić information content (AvgIpc) is 2.90. The SMILES string of the molecule is CCNC(=NCc1ccnn1C)NCCN(C)CCCOC.I. The number of methoxy groups -OCH3 is 1. The van der Waals surface area contributed by atoms with Crippen molar-refractivity contribution in [2.24, 2.45) is 12.0 Å². The standard InChI is InChI=1S/C15H30N6O.HI/c1-5-16-15(18-13-14-7-8-19-21(14)3)17-9-11-20(2)10-6-12-22-4;/h7-8H,5-6,9-13H2,1-4H3,(H2,16,17,18);1H. The van der Waals surface area contributed by atoms with Crippen LogP contribution in [0.1, 0.15) is 19.0 Å². The number of hydrogen-bond donors (Lipinski definition) is 2. The molecule has 0 saturated carbocycles. The van der Waals surface area contributed by atoms with E-state index in [0.29, 0.717) is 6.54 Å². The summed E-state index contributed by atoms with van der Waals surface area (Å²) in [7, 11) is 5.79. The highest BCUT2D eigenvalue weighted by Gasteiger charge is 2.02. The van der Waals surface area contributed by atoms with Gasteiger partial charge in [0.2, 0.25) is 0 Å². The van der Waals surface area contributed by atoms with Gasteiger partial charge in [-0.05, 0) is 26.5 Å². The number of nitrogens with one attached hydrogen (secondary N) is 2. The van der Waals surface area contributed by atoms with Crippen LogP contribution < -0.4 is 10.6 Å². The first kappa shape index (κ1) is 22.1. The maximum atomic E-state index is 5.07. The highest BCUT2D eigenvalue weighted by Crippen LogP contribution is 1.97. The second kappa shape index (κ2) is 13.6. The Bertz CT molecular complexity index is 437. The Morgan fingerprint density at radius 1 is 1.39 bits per heavy atom. The predicted octanol–water partition coefficient (Wildman–Crippen LogP) is 1.06. The van der Waals surface area contributed by atoms with E-state index in [4.69, 9.17) is 4.74 Å². The number of hydrogen-bond acceptors (Lipinski definition) is 4. The van der Waals surface area contributed by atoms with Gasteiger partial charge in [-0.1, -0.05) is 0 Å². The van der Waals surface area contributed by atoms with Gasteiger partial charge >= 0.3 is 0 Å². The zero-order valence-corrected chi connectivity index (χ0v) is 17.0. The largest absolute Gasteiger partial charge is 0.385 e. The zero-order chi connectivity index (χ0) is 16.2. The van der Waals surface area contributed by atoms with Crippen molar-refractivity contribution >= 4 is 29.9 Å². The Morgan fingerprint density at radius 2 is 2.17 bits per heavy atom. The summed E-state index contributed by atoms with van der Waals surface area (Å²) in [6.45, 7) is 7.22. The minimum absolute atomic E-state index is 0. The number of nitrogens with zero attached hydrogens (tertiary/aromatic N) is 4. The second-order valence-corrected chi connectivity index (χ2v) is 5.22. The van der Waals surface area contributed by atoms with Crippen molar-refractivity contribution < 1.29 is 4.74 Å². The van der Waals surface area contributed by atoms with Gasteiger partial charge in [-0.2, -0.15) is 5.10 Å². The molecular formula is C15H31IN6O. The molecule has 0 aliphatic heterocycles. The molecule has 0 amide bonds. The van der Waals surface area contributed by atoms with E-state index >= 15 is 0 Å². The van der Waals surface area contributed by atoms with Gasteiger partial charge in [0.25, 0.3) is 0 Å². The molecule has 1 aromatic rings. The third-order valence-electron chi connectivity index (χ3n) is 3.34. The second-order valence-electron chi connectivity index (χ2n) is 5.22. The molecule has 8 heteroatoms.